The number of nitrogens with one attached hydrogen (secondary N) is 2. The van der Waals surface area contributed by atoms with E-state index < -0.39 is 0 Å². The molecule has 7 heteroatoms. The monoisotopic (exact) mass is 340 g/mol. The van der Waals surface area contributed by atoms with E-state index in [9.17, 15) is 4.79 Å². The fourth-order valence-electron chi connectivity index (χ4n) is 3.76. The second-order valence-electron chi connectivity index (χ2n) is 6.87. The summed E-state index contributed by atoms with van der Waals surface area (Å²) >= 11 is 0. The molecule has 0 aliphatic carbocycles. The van der Waals surface area contributed by atoms with Crippen LogP contribution < -0.4 is 15.5 Å². The zero-order chi connectivity index (χ0) is 17.2. The van der Waals surface area contributed by atoms with Crippen LogP contribution in [-0.2, 0) is 19.4 Å². The van der Waals surface area contributed by atoms with Gasteiger partial charge in [0, 0.05) is 31.2 Å². The second kappa shape index (κ2) is 6.74. The predicted octanol–water partition coefficient (Wildman–Crippen LogP) is 1.34. The van der Waals surface area contributed by atoms with Gasteiger partial charge in [0.1, 0.15) is 12.2 Å². The van der Waals surface area contributed by atoms with Crippen LogP contribution in [0.25, 0.3) is 0 Å². The first-order chi connectivity index (χ1) is 12.2. The van der Waals surface area contributed by atoms with Crippen molar-refractivity contribution in [2.24, 2.45) is 0 Å². The minimum atomic E-state index is -0.104. The molecule has 0 saturated heterocycles. The van der Waals surface area contributed by atoms with Crippen molar-refractivity contribution in [3.63, 3.8) is 0 Å². The smallest absolute Gasteiger partial charge is 0.315 e. The van der Waals surface area contributed by atoms with Gasteiger partial charge in [0.15, 0.2) is 0 Å². The van der Waals surface area contributed by atoms with Gasteiger partial charge in [0.2, 0.25) is 0 Å². The van der Waals surface area contributed by atoms with E-state index in [4.69, 9.17) is 0 Å². The zero-order valence-electron chi connectivity index (χ0n) is 14.5. The summed E-state index contributed by atoms with van der Waals surface area (Å²) in [6.07, 6.45) is 4.41. The number of aryl methyl sites for hydroxylation is 1. The Hall–Kier alpha value is -2.57. The molecule has 7 nitrogen and oxygen atoms in total. The SMILES string of the molecule is C[C@H](CNC(=O)N[C@@H]1CCc2ncnn2C1)N1CCc2ccccc21. The number of aromatic nitrogens is 3. The van der Waals surface area contributed by atoms with Gasteiger partial charge in [-0.1, -0.05) is 18.2 Å². The molecular weight excluding hydrogens is 316 g/mol. The number of hydrogen-bond donors (Lipinski definition) is 2. The number of carbonyl (C=O) groups excluding carboxylic acids is 1. The van der Waals surface area contributed by atoms with Gasteiger partial charge in [-0.15, -0.1) is 0 Å². The lowest BCUT2D eigenvalue weighted by molar-refractivity contribution is 0.231. The van der Waals surface area contributed by atoms with Gasteiger partial charge in [0.05, 0.1) is 12.6 Å². The highest BCUT2D eigenvalue weighted by molar-refractivity contribution is 5.74. The van der Waals surface area contributed by atoms with Crippen LogP contribution in [0.3, 0.4) is 0 Å². The Morgan fingerprint density at radius 1 is 1.36 bits per heavy atom. The van der Waals surface area contributed by atoms with Crippen LogP contribution in [-0.4, -0.2) is 46.0 Å². The summed E-state index contributed by atoms with van der Waals surface area (Å²) in [5, 5.41) is 10.3. The maximum absolute atomic E-state index is 12.2. The minimum absolute atomic E-state index is 0.104. The molecule has 2 aliphatic heterocycles. The lowest BCUT2D eigenvalue weighted by Crippen LogP contribution is -2.49. The number of para-hydroxylation sites is 1. The van der Waals surface area contributed by atoms with Gasteiger partial charge in [-0.05, 0) is 31.4 Å². The van der Waals surface area contributed by atoms with Crippen molar-refractivity contribution in [1.29, 1.82) is 0 Å². The van der Waals surface area contributed by atoms with E-state index in [-0.39, 0.29) is 18.1 Å². The number of benzene rings is 1. The highest BCUT2D eigenvalue weighted by atomic mass is 16.2. The largest absolute Gasteiger partial charge is 0.366 e. The maximum atomic E-state index is 12.2. The molecule has 4 rings (SSSR count). The average Bonchev–Trinajstić information content (AvgIpc) is 3.26. The van der Waals surface area contributed by atoms with Gasteiger partial charge in [-0.25, -0.2) is 14.5 Å². The number of urea groups is 1. The molecule has 2 aromatic rings. The second-order valence-corrected chi connectivity index (χ2v) is 6.87. The summed E-state index contributed by atoms with van der Waals surface area (Å²) in [5.74, 6) is 1.000. The summed E-state index contributed by atoms with van der Waals surface area (Å²) < 4.78 is 1.87. The molecular formula is C18H24N6O. The molecule has 2 aliphatic rings. The first-order valence-electron chi connectivity index (χ1n) is 8.96. The van der Waals surface area contributed by atoms with Crippen molar-refractivity contribution < 1.29 is 4.79 Å². The van der Waals surface area contributed by atoms with Gasteiger partial charge < -0.3 is 15.5 Å². The quantitative estimate of drug-likeness (QED) is 0.881. The minimum Gasteiger partial charge on any atom is -0.366 e. The summed E-state index contributed by atoms with van der Waals surface area (Å²) in [6.45, 7) is 4.49. The van der Waals surface area contributed by atoms with Crippen molar-refractivity contribution in [3.8, 4) is 0 Å². The topological polar surface area (TPSA) is 75.1 Å². The molecule has 0 spiro atoms. The third-order valence-electron chi connectivity index (χ3n) is 5.15. The molecule has 2 N–H and O–H groups in total. The number of anilines is 1. The van der Waals surface area contributed by atoms with E-state index >= 15 is 0 Å². The molecule has 0 radical (unpaired) electrons. The molecule has 0 fully saturated rings. The average molecular weight is 340 g/mol. The predicted molar refractivity (Wildman–Crippen MR) is 95.6 cm³/mol. The van der Waals surface area contributed by atoms with Gasteiger partial charge in [0.25, 0.3) is 0 Å². The molecule has 1 aromatic carbocycles. The molecule has 1 aromatic heterocycles. The Labute approximate surface area is 147 Å². The number of hydrogen-bond acceptors (Lipinski definition) is 4. The van der Waals surface area contributed by atoms with E-state index in [1.807, 2.05) is 4.68 Å². The van der Waals surface area contributed by atoms with E-state index in [1.54, 1.807) is 6.33 Å². The fourth-order valence-corrected chi connectivity index (χ4v) is 3.76. The highest BCUT2D eigenvalue weighted by Crippen LogP contribution is 2.28. The molecule has 0 saturated carbocycles. The van der Waals surface area contributed by atoms with Crippen LogP contribution in [0.4, 0.5) is 10.5 Å². The van der Waals surface area contributed by atoms with Crippen LogP contribution >= 0.6 is 0 Å². The Morgan fingerprint density at radius 2 is 2.24 bits per heavy atom. The number of rotatable bonds is 4. The standard InChI is InChI=1S/C18H24N6O/c1-13(23-9-8-14-4-2-3-5-16(14)23)10-19-18(25)22-15-6-7-17-20-12-21-24(17)11-15/h2-5,12-13,15H,6-11H2,1H3,(H2,19,22,25)/t13-,15-/m1/s1. The Kier molecular flexibility index (Phi) is 4.29. The first-order valence-corrected chi connectivity index (χ1v) is 8.96. The number of carbonyl (C=O) groups is 1. The van der Waals surface area contributed by atoms with Crippen molar-refractivity contribution >= 4 is 11.7 Å². The third-order valence-corrected chi connectivity index (χ3v) is 5.15. The van der Waals surface area contributed by atoms with Crippen LogP contribution in [0.2, 0.25) is 0 Å². The summed E-state index contributed by atoms with van der Waals surface area (Å²) in [4.78, 5) is 18.8. The lowest BCUT2D eigenvalue weighted by atomic mass is 10.1. The van der Waals surface area contributed by atoms with Gasteiger partial charge in [-0.2, -0.15) is 5.10 Å². The zero-order valence-corrected chi connectivity index (χ0v) is 14.5. The molecule has 2 atom stereocenters. The molecule has 3 heterocycles. The lowest BCUT2D eigenvalue weighted by Gasteiger charge is -2.28. The van der Waals surface area contributed by atoms with E-state index in [0.29, 0.717) is 13.1 Å². The molecule has 25 heavy (non-hydrogen) atoms. The molecule has 132 valence electrons. The normalized spacial score (nSPS) is 19.9. The highest BCUT2D eigenvalue weighted by Gasteiger charge is 2.24. The third kappa shape index (κ3) is 3.31. The molecule has 0 bridgehead atoms. The summed E-state index contributed by atoms with van der Waals surface area (Å²) in [7, 11) is 0. The Bertz CT molecular complexity index is 758. The fraction of sp³-hybridized carbons (Fsp3) is 0.500. The van der Waals surface area contributed by atoms with E-state index in [0.717, 1.165) is 31.6 Å². The van der Waals surface area contributed by atoms with Crippen LogP contribution in [0.15, 0.2) is 30.6 Å². The van der Waals surface area contributed by atoms with Crippen molar-refractivity contribution in [2.45, 2.75) is 44.8 Å². The van der Waals surface area contributed by atoms with Gasteiger partial charge >= 0.3 is 6.03 Å². The van der Waals surface area contributed by atoms with Crippen molar-refractivity contribution in [1.82, 2.24) is 25.4 Å². The summed E-state index contributed by atoms with van der Waals surface area (Å²) in [5.41, 5.74) is 2.69. The van der Waals surface area contributed by atoms with E-state index in [1.165, 1.54) is 11.3 Å². The van der Waals surface area contributed by atoms with E-state index in [2.05, 4.69) is 56.8 Å². The van der Waals surface area contributed by atoms with Gasteiger partial charge in [-0.3, -0.25) is 0 Å². The number of amides is 2. The van der Waals surface area contributed by atoms with Crippen LogP contribution in [0.5, 0.6) is 0 Å². The van der Waals surface area contributed by atoms with Crippen LogP contribution in [0.1, 0.15) is 24.7 Å². The number of nitrogens with zero attached hydrogens (tertiary/aromatic N) is 4. The first kappa shape index (κ1) is 15.9. The maximum Gasteiger partial charge on any atom is 0.315 e. The summed E-state index contributed by atoms with van der Waals surface area (Å²) in [6, 6.07) is 8.78. The Morgan fingerprint density at radius 3 is 3.16 bits per heavy atom. The van der Waals surface area contributed by atoms with Crippen molar-refractivity contribution in [3.05, 3.63) is 42.0 Å². The molecule has 0 unspecified atom stereocenters. The van der Waals surface area contributed by atoms with Crippen LogP contribution in [0, 0.1) is 0 Å². The molecule has 2 amide bonds. The van der Waals surface area contributed by atoms with Crippen molar-refractivity contribution in [2.75, 3.05) is 18.0 Å². The number of fused-ring (bicyclic) bond motifs is 2. The Balaban J connectivity index is 1.27.